The molecule has 0 aliphatic rings. The van der Waals surface area contributed by atoms with Crippen molar-refractivity contribution in [2.45, 2.75) is 19.9 Å². The van der Waals surface area contributed by atoms with E-state index in [0.29, 0.717) is 12.5 Å². The SMILES string of the molecule is CCc1nnc2c3ccccc3nc(NCc3ccc(F)cc3)n12. The Kier molecular flexibility index (Phi) is 3.57. The van der Waals surface area contributed by atoms with Gasteiger partial charge < -0.3 is 5.32 Å². The zero-order valence-electron chi connectivity index (χ0n) is 13.2. The molecule has 0 saturated carbocycles. The monoisotopic (exact) mass is 321 g/mol. The van der Waals surface area contributed by atoms with E-state index in [2.05, 4.69) is 15.5 Å². The summed E-state index contributed by atoms with van der Waals surface area (Å²) in [5.74, 6) is 1.30. The average Bonchev–Trinajstić information content (AvgIpc) is 3.05. The van der Waals surface area contributed by atoms with Gasteiger partial charge in [-0.2, -0.15) is 0 Å². The number of aryl methyl sites for hydroxylation is 1. The van der Waals surface area contributed by atoms with Crippen molar-refractivity contribution in [1.29, 1.82) is 0 Å². The summed E-state index contributed by atoms with van der Waals surface area (Å²) in [6.07, 6.45) is 0.756. The Hall–Kier alpha value is -3.02. The summed E-state index contributed by atoms with van der Waals surface area (Å²) in [5, 5.41) is 12.9. The minimum absolute atomic E-state index is 0.239. The van der Waals surface area contributed by atoms with Crippen LogP contribution >= 0.6 is 0 Å². The van der Waals surface area contributed by atoms with Crippen LogP contribution in [0, 0.1) is 5.82 Å². The first-order valence-corrected chi connectivity index (χ1v) is 7.87. The highest BCUT2D eigenvalue weighted by atomic mass is 19.1. The quantitative estimate of drug-likeness (QED) is 0.624. The molecule has 24 heavy (non-hydrogen) atoms. The van der Waals surface area contributed by atoms with Crippen molar-refractivity contribution in [2.24, 2.45) is 0 Å². The van der Waals surface area contributed by atoms with Crippen molar-refractivity contribution in [3.8, 4) is 0 Å². The van der Waals surface area contributed by atoms with E-state index in [1.807, 2.05) is 35.6 Å². The maximum atomic E-state index is 13.0. The molecule has 0 spiro atoms. The molecule has 5 nitrogen and oxygen atoms in total. The molecule has 0 unspecified atom stereocenters. The Morgan fingerprint density at radius 3 is 2.62 bits per heavy atom. The zero-order chi connectivity index (χ0) is 16.5. The van der Waals surface area contributed by atoms with E-state index in [1.165, 1.54) is 12.1 Å². The molecule has 4 aromatic rings. The molecule has 6 heteroatoms. The first-order valence-electron chi connectivity index (χ1n) is 7.87. The molecule has 0 amide bonds. The van der Waals surface area contributed by atoms with Gasteiger partial charge in [0.2, 0.25) is 5.95 Å². The molecule has 4 rings (SSSR count). The van der Waals surface area contributed by atoms with E-state index in [0.717, 1.165) is 34.4 Å². The van der Waals surface area contributed by atoms with Gasteiger partial charge >= 0.3 is 0 Å². The molecule has 0 radical (unpaired) electrons. The number of hydrogen-bond acceptors (Lipinski definition) is 4. The number of nitrogens with one attached hydrogen (secondary N) is 1. The summed E-state index contributed by atoms with van der Waals surface area (Å²) in [7, 11) is 0. The molecule has 0 atom stereocenters. The van der Waals surface area contributed by atoms with E-state index >= 15 is 0 Å². The molecule has 0 aliphatic carbocycles. The summed E-state index contributed by atoms with van der Waals surface area (Å²) < 4.78 is 15.0. The van der Waals surface area contributed by atoms with E-state index in [9.17, 15) is 4.39 Å². The summed E-state index contributed by atoms with van der Waals surface area (Å²) in [6.45, 7) is 2.58. The van der Waals surface area contributed by atoms with Crippen LogP contribution in [0.4, 0.5) is 10.3 Å². The molecule has 1 N–H and O–H groups in total. The number of para-hydroxylation sites is 1. The predicted molar refractivity (Wildman–Crippen MR) is 91.4 cm³/mol. The molecule has 2 heterocycles. The van der Waals surface area contributed by atoms with Crippen LogP contribution in [0.2, 0.25) is 0 Å². The number of benzene rings is 2. The van der Waals surface area contributed by atoms with Gasteiger partial charge in [-0.3, -0.25) is 0 Å². The number of hydrogen-bond donors (Lipinski definition) is 1. The van der Waals surface area contributed by atoms with Crippen LogP contribution in [-0.2, 0) is 13.0 Å². The standard InChI is InChI=1S/C18H16FN5/c1-2-16-22-23-17-14-5-3-4-6-15(14)21-18(24(16)17)20-11-12-7-9-13(19)10-8-12/h3-10H,2,11H2,1H3,(H,20,21). The molecule has 0 bridgehead atoms. The van der Waals surface area contributed by atoms with Crippen molar-refractivity contribution in [3.05, 3.63) is 65.7 Å². The van der Waals surface area contributed by atoms with Crippen molar-refractivity contribution in [3.63, 3.8) is 0 Å². The lowest BCUT2D eigenvalue weighted by molar-refractivity contribution is 0.627. The predicted octanol–water partition coefficient (Wildman–Crippen LogP) is 3.59. The van der Waals surface area contributed by atoms with Gasteiger partial charge in [0.1, 0.15) is 11.6 Å². The van der Waals surface area contributed by atoms with E-state index in [-0.39, 0.29) is 5.82 Å². The molecule has 0 aliphatic heterocycles. The first-order chi connectivity index (χ1) is 11.8. The van der Waals surface area contributed by atoms with Gasteiger partial charge in [-0.1, -0.05) is 31.2 Å². The average molecular weight is 321 g/mol. The molecule has 2 aromatic carbocycles. The Morgan fingerprint density at radius 1 is 1.04 bits per heavy atom. The van der Waals surface area contributed by atoms with Gasteiger partial charge in [0, 0.05) is 18.4 Å². The maximum Gasteiger partial charge on any atom is 0.211 e. The number of aromatic nitrogens is 4. The topological polar surface area (TPSA) is 55.1 Å². The van der Waals surface area contributed by atoms with Crippen LogP contribution in [0.5, 0.6) is 0 Å². The van der Waals surface area contributed by atoms with Gasteiger partial charge in [-0.05, 0) is 29.8 Å². The van der Waals surface area contributed by atoms with Crippen LogP contribution in [0.15, 0.2) is 48.5 Å². The summed E-state index contributed by atoms with van der Waals surface area (Å²) in [4.78, 5) is 4.71. The van der Waals surface area contributed by atoms with E-state index in [1.54, 1.807) is 12.1 Å². The zero-order valence-corrected chi connectivity index (χ0v) is 13.2. The van der Waals surface area contributed by atoms with Gasteiger partial charge in [0.05, 0.1) is 5.52 Å². The molecule has 0 saturated heterocycles. The largest absolute Gasteiger partial charge is 0.351 e. The number of rotatable bonds is 4. The minimum atomic E-state index is -0.239. The van der Waals surface area contributed by atoms with Crippen LogP contribution in [-0.4, -0.2) is 19.6 Å². The van der Waals surface area contributed by atoms with E-state index < -0.39 is 0 Å². The number of nitrogens with zero attached hydrogens (tertiary/aromatic N) is 4. The van der Waals surface area contributed by atoms with Crippen LogP contribution in [0.3, 0.4) is 0 Å². The molecular formula is C18H16FN5. The van der Waals surface area contributed by atoms with Crippen molar-refractivity contribution in [1.82, 2.24) is 19.6 Å². The second-order valence-electron chi connectivity index (χ2n) is 5.56. The second-order valence-corrected chi connectivity index (χ2v) is 5.56. The normalized spacial score (nSPS) is 11.2. The lowest BCUT2D eigenvalue weighted by Crippen LogP contribution is -2.09. The fourth-order valence-electron chi connectivity index (χ4n) is 2.77. The van der Waals surface area contributed by atoms with Crippen LogP contribution < -0.4 is 5.32 Å². The van der Waals surface area contributed by atoms with Crippen molar-refractivity contribution in [2.75, 3.05) is 5.32 Å². The first kappa shape index (κ1) is 14.6. The van der Waals surface area contributed by atoms with Crippen LogP contribution in [0.25, 0.3) is 16.6 Å². The fourth-order valence-corrected chi connectivity index (χ4v) is 2.77. The highest BCUT2D eigenvalue weighted by molar-refractivity contribution is 5.92. The Labute approximate surface area is 138 Å². The number of anilines is 1. The lowest BCUT2D eigenvalue weighted by Gasteiger charge is -2.11. The van der Waals surface area contributed by atoms with Gasteiger partial charge in [-0.25, -0.2) is 13.8 Å². The minimum Gasteiger partial charge on any atom is -0.351 e. The van der Waals surface area contributed by atoms with Gasteiger partial charge in [-0.15, -0.1) is 10.2 Å². The second kappa shape index (κ2) is 5.88. The Balaban J connectivity index is 1.79. The van der Waals surface area contributed by atoms with Crippen LogP contribution in [0.1, 0.15) is 18.3 Å². The highest BCUT2D eigenvalue weighted by Gasteiger charge is 2.13. The van der Waals surface area contributed by atoms with E-state index in [4.69, 9.17) is 4.98 Å². The summed E-state index contributed by atoms with van der Waals surface area (Å²) >= 11 is 0. The summed E-state index contributed by atoms with van der Waals surface area (Å²) in [5.41, 5.74) is 2.63. The fraction of sp³-hybridized carbons (Fsp3) is 0.167. The summed E-state index contributed by atoms with van der Waals surface area (Å²) in [6, 6.07) is 14.3. The highest BCUT2D eigenvalue weighted by Crippen LogP contribution is 2.22. The third-order valence-electron chi connectivity index (χ3n) is 3.99. The molecule has 120 valence electrons. The van der Waals surface area contributed by atoms with Gasteiger partial charge in [0.25, 0.3) is 0 Å². The molecule has 0 fully saturated rings. The third-order valence-corrected chi connectivity index (χ3v) is 3.99. The maximum absolute atomic E-state index is 13.0. The smallest absolute Gasteiger partial charge is 0.211 e. The molecule has 2 aromatic heterocycles. The number of fused-ring (bicyclic) bond motifs is 3. The lowest BCUT2D eigenvalue weighted by atomic mass is 10.2. The van der Waals surface area contributed by atoms with Gasteiger partial charge in [0.15, 0.2) is 5.65 Å². The Morgan fingerprint density at radius 2 is 1.83 bits per heavy atom. The van der Waals surface area contributed by atoms with Crippen molar-refractivity contribution >= 4 is 22.5 Å². The number of halogens is 1. The third kappa shape index (κ3) is 2.46. The Bertz CT molecular complexity index is 1010. The van der Waals surface area contributed by atoms with Crippen molar-refractivity contribution < 1.29 is 4.39 Å². The molecular weight excluding hydrogens is 305 g/mol.